The highest BCUT2D eigenvalue weighted by Gasteiger charge is 2.31. The molecule has 0 aromatic heterocycles. The molecule has 1 aromatic carbocycles. The molecule has 6 heteroatoms. The highest BCUT2D eigenvalue weighted by Crippen LogP contribution is 2.33. The van der Waals surface area contributed by atoms with E-state index in [0.717, 1.165) is 16.7 Å². The van der Waals surface area contributed by atoms with Crippen LogP contribution in [0.3, 0.4) is 0 Å². The molecule has 1 aromatic rings. The number of hydrogen-bond acceptors (Lipinski definition) is 6. The number of rotatable bonds is 4. The van der Waals surface area contributed by atoms with Crippen LogP contribution in [0.15, 0.2) is 23.8 Å². The van der Waals surface area contributed by atoms with Gasteiger partial charge in [-0.1, -0.05) is 23.8 Å². The second-order valence-corrected chi connectivity index (χ2v) is 5.60. The van der Waals surface area contributed by atoms with E-state index < -0.39 is 12.3 Å². The quantitative estimate of drug-likeness (QED) is 0.786. The van der Waals surface area contributed by atoms with Gasteiger partial charge in [-0.2, -0.15) is 0 Å². The van der Waals surface area contributed by atoms with Gasteiger partial charge in [0.1, 0.15) is 0 Å². The monoisotopic (exact) mass is 334 g/mol. The van der Waals surface area contributed by atoms with Crippen LogP contribution in [-0.4, -0.2) is 46.2 Å². The predicted octanol–water partition coefficient (Wildman–Crippen LogP) is 2.20. The van der Waals surface area contributed by atoms with Gasteiger partial charge in [0.05, 0.1) is 32.8 Å². The molecular weight excluding hydrogens is 312 g/mol. The molecule has 0 bridgehead atoms. The Bertz CT molecular complexity index is 649. The Kier molecular flexibility index (Phi) is 6.11. The molecule has 0 saturated carbocycles. The summed E-state index contributed by atoms with van der Waals surface area (Å²) in [5.74, 6) is -1.15. The van der Waals surface area contributed by atoms with Crippen LogP contribution in [0.4, 0.5) is 0 Å². The van der Waals surface area contributed by atoms with Gasteiger partial charge in [0, 0.05) is 13.0 Å². The first kappa shape index (κ1) is 18.2. The van der Waals surface area contributed by atoms with Crippen LogP contribution >= 0.6 is 0 Å². The molecule has 0 saturated heterocycles. The zero-order valence-electron chi connectivity index (χ0n) is 14.3. The number of carbonyl (C=O) groups is 2. The topological polar surface area (TPSA) is 71.1 Å². The zero-order valence-corrected chi connectivity index (χ0v) is 14.3. The molecule has 2 unspecified atom stereocenters. The van der Waals surface area contributed by atoms with Gasteiger partial charge < -0.3 is 18.9 Å². The summed E-state index contributed by atoms with van der Waals surface area (Å²) in [5.41, 5.74) is 3.14. The Balaban J connectivity index is 2.55. The molecule has 0 N–H and O–H groups in total. The van der Waals surface area contributed by atoms with Crippen LogP contribution in [-0.2, 0) is 28.5 Å². The van der Waals surface area contributed by atoms with Crippen molar-refractivity contribution in [3.05, 3.63) is 40.5 Å². The zero-order chi connectivity index (χ0) is 17.7. The minimum absolute atomic E-state index is 0.0379. The van der Waals surface area contributed by atoms with Crippen molar-refractivity contribution in [2.24, 2.45) is 0 Å². The van der Waals surface area contributed by atoms with E-state index in [4.69, 9.17) is 18.9 Å². The van der Waals surface area contributed by atoms with E-state index in [1.807, 2.05) is 25.1 Å². The Morgan fingerprint density at radius 1 is 1.21 bits per heavy atom. The summed E-state index contributed by atoms with van der Waals surface area (Å²) in [5, 5.41) is 0. The van der Waals surface area contributed by atoms with Gasteiger partial charge in [-0.3, -0.25) is 4.79 Å². The number of methoxy groups -OCH3 is 3. The van der Waals surface area contributed by atoms with Crippen molar-refractivity contribution >= 4 is 18.0 Å². The molecule has 2 rings (SSSR count). The Labute approximate surface area is 141 Å². The summed E-state index contributed by atoms with van der Waals surface area (Å²) in [4.78, 5) is 23.8. The molecule has 2 atom stereocenters. The Hall–Kier alpha value is -2.18. The summed E-state index contributed by atoms with van der Waals surface area (Å²) in [6.07, 6.45) is 1.18. The van der Waals surface area contributed by atoms with E-state index in [0.29, 0.717) is 5.57 Å². The Morgan fingerprint density at radius 3 is 2.58 bits per heavy atom. The van der Waals surface area contributed by atoms with Gasteiger partial charge in [0.25, 0.3) is 0 Å². The fraction of sp³-hybridized carbons (Fsp3) is 0.444. The normalized spacial score (nSPS) is 22.4. The van der Waals surface area contributed by atoms with Gasteiger partial charge in [-0.05, 0) is 24.1 Å². The largest absolute Gasteiger partial charge is 0.469 e. The SMILES string of the molecule is COC(=O)CC1c2ccc(C)cc2/C=C(/C(=O)OC)COC1OC. The van der Waals surface area contributed by atoms with Crippen molar-refractivity contribution in [1.82, 2.24) is 0 Å². The number of esters is 2. The lowest BCUT2D eigenvalue weighted by molar-refractivity contribution is -0.155. The Morgan fingerprint density at radius 2 is 1.96 bits per heavy atom. The van der Waals surface area contributed by atoms with Crippen molar-refractivity contribution in [3.8, 4) is 0 Å². The maximum atomic E-state index is 11.9. The third kappa shape index (κ3) is 4.01. The maximum Gasteiger partial charge on any atom is 0.336 e. The summed E-state index contributed by atoms with van der Waals surface area (Å²) in [6.45, 7) is 2.00. The fourth-order valence-corrected chi connectivity index (χ4v) is 2.77. The summed E-state index contributed by atoms with van der Waals surface area (Å²) >= 11 is 0. The second-order valence-electron chi connectivity index (χ2n) is 5.60. The maximum absolute atomic E-state index is 11.9. The number of aryl methyl sites for hydroxylation is 1. The van der Waals surface area contributed by atoms with Crippen LogP contribution in [0, 0.1) is 6.92 Å². The minimum atomic E-state index is -0.682. The molecule has 0 spiro atoms. The fourth-order valence-electron chi connectivity index (χ4n) is 2.77. The van der Waals surface area contributed by atoms with Crippen molar-refractivity contribution in [2.45, 2.75) is 25.6 Å². The average Bonchev–Trinajstić information content (AvgIpc) is 2.57. The van der Waals surface area contributed by atoms with E-state index in [9.17, 15) is 9.59 Å². The molecule has 0 radical (unpaired) electrons. The van der Waals surface area contributed by atoms with Gasteiger partial charge in [0.15, 0.2) is 6.29 Å². The van der Waals surface area contributed by atoms with Crippen LogP contribution in [0.2, 0.25) is 0 Å². The number of benzene rings is 1. The van der Waals surface area contributed by atoms with E-state index in [2.05, 4.69) is 0 Å². The molecule has 1 aliphatic heterocycles. The van der Waals surface area contributed by atoms with Crippen molar-refractivity contribution in [3.63, 3.8) is 0 Å². The van der Waals surface area contributed by atoms with Gasteiger partial charge >= 0.3 is 11.9 Å². The lowest BCUT2D eigenvalue weighted by atomic mass is 9.88. The molecule has 1 heterocycles. The summed E-state index contributed by atoms with van der Waals surface area (Å²) < 4.78 is 20.7. The van der Waals surface area contributed by atoms with Crippen LogP contribution in [0.5, 0.6) is 0 Å². The molecule has 0 amide bonds. The molecule has 24 heavy (non-hydrogen) atoms. The van der Waals surface area contributed by atoms with E-state index in [-0.39, 0.29) is 24.9 Å². The summed E-state index contributed by atoms with van der Waals surface area (Å²) in [6, 6.07) is 5.83. The molecule has 6 nitrogen and oxygen atoms in total. The number of fused-ring (bicyclic) bond motifs is 1. The lowest BCUT2D eigenvalue weighted by Gasteiger charge is -2.29. The predicted molar refractivity (Wildman–Crippen MR) is 87.3 cm³/mol. The molecule has 0 aliphatic carbocycles. The third-order valence-electron chi connectivity index (χ3n) is 4.00. The van der Waals surface area contributed by atoms with Crippen LogP contribution in [0.25, 0.3) is 6.08 Å². The lowest BCUT2D eigenvalue weighted by Crippen LogP contribution is -2.30. The number of hydrogen-bond donors (Lipinski definition) is 0. The first-order valence-electron chi connectivity index (χ1n) is 7.60. The highest BCUT2D eigenvalue weighted by atomic mass is 16.7. The van der Waals surface area contributed by atoms with Crippen molar-refractivity contribution < 1.29 is 28.5 Å². The smallest absolute Gasteiger partial charge is 0.336 e. The van der Waals surface area contributed by atoms with Gasteiger partial charge in [-0.25, -0.2) is 4.79 Å². The summed E-state index contributed by atoms with van der Waals surface area (Å²) in [7, 11) is 4.18. The molecular formula is C18H22O6. The van der Waals surface area contributed by atoms with Gasteiger partial charge in [-0.15, -0.1) is 0 Å². The van der Waals surface area contributed by atoms with E-state index in [1.165, 1.54) is 21.3 Å². The first-order chi connectivity index (χ1) is 11.5. The first-order valence-corrected chi connectivity index (χ1v) is 7.60. The standard InChI is InChI=1S/C18H22O6/c1-11-5-6-14-12(7-11)8-13(17(20)22-3)10-24-18(23-4)15(14)9-16(19)21-2/h5-8,15,18H,9-10H2,1-4H3/b13-8+. The molecule has 130 valence electrons. The second kappa shape index (κ2) is 8.08. The molecule has 1 aliphatic rings. The minimum Gasteiger partial charge on any atom is -0.469 e. The van der Waals surface area contributed by atoms with Gasteiger partial charge in [0.2, 0.25) is 0 Å². The number of ether oxygens (including phenoxy) is 4. The van der Waals surface area contributed by atoms with Crippen molar-refractivity contribution in [1.29, 1.82) is 0 Å². The van der Waals surface area contributed by atoms with E-state index >= 15 is 0 Å². The highest BCUT2D eigenvalue weighted by molar-refractivity contribution is 5.94. The van der Waals surface area contributed by atoms with Crippen molar-refractivity contribution in [2.75, 3.05) is 27.9 Å². The average molecular weight is 334 g/mol. The van der Waals surface area contributed by atoms with Crippen LogP contribution < -0.4 is 0 Å². The molecule has 0 fully saturated rings. The van der Waals surface area contributed by atoms with E-state index in [1.54, 1.807) is 6.08 Å². The third-order valence-corrected chi connectivity index (χ3v) is 4.00. The van der Waals surface area contributed by atoms with Crippen LogP contribution in [0.1, 0.15) is 29.0 Å². The number of carbonyl (C=O) groups excluding carboxylic acids is 2.